The number of aromatic nitrogens is 1. The first-order chi connectivity index (χ1) is 2.50. The van der Waals surface area contributed by atoms with E-state index in [2.05, 4.69) is 4.98 Å². The van der Waals surface area contributed by atoms with E-state index in [0.717, 1.165) is 0 Å². The fourth-order valence-corrected chi connectivity index (χ4v) is 0.278. The third kappa shape index (κ3) is 1.08. The van der Waals surface area contributed by atoms with Gasteiger partial charge in [-0.05, 0) is 23.1 Å². The van der Waals surface area contributed by atoms with E-state index in [1.54, 1.807) is 0 Å². The summed E-state index contributed by atoms with van der Waals surface area (Å²) in [5, 5.41) is 0. The monoisotopic (exact) mass is 99.1 g/mol. The van der Waals surface area contributed by atoms with Gasteiger partial charge in [-0.25, -0.2) is 0 Å². The SMILES string of the molecule is [SiH4].c1cc[nH]c1. The number of hydrogen-bond donors (Lipinski definition) is 1. The normalized spacial score (nSPS) is 6.67. The van der Waals surface area contributed by atoms with Crippen LogP contribution < -0.4 is 0 Å². The summed E-state index contributed by atoms with van der Waals surface area (Å²) in [4.78, 5) is 2.86. The van der Waals surface area contributed by atoms with Crippen LogP contribution in [0.15, 0.2) is 24.5 Å². The topological polar surface area (TPSA) is 15.8 Å². The van der Waals surface area contributed by atoms with Crippen molar-refractivity contribution in [2.45, 2.75) is 0 Å². The summed E-state index contributed by atoms with van der Waals surface area (Å²) in [6.45, 7) is 0. The molecule has 0 unspecified atom stereocenters. The van der Waals surface area contributed by atoms with Crippen LogP contribution in [-0.4, -0.2) is 15.9 Å². The molecule has 0 spiro atoms. The van der Waals surface area contributed by atoms with Gasteiger partial charge in [0.2, 0.25) is 0 Å². The zero-order valence-corrected chi connectivity index (χ0v) is 2.81. The van der Waals surface area contributed by atoms with E-state index in [1.165, 1.54) is 0 Å². The highest BCUT2D eigenvalue weighted by molar-refractivity contribution is 5.75. The van der Waals surface area contributed by atoms with Gasteiger partial charge < -0.3 is 4.98 Å². The Hall–Kier alpha value is -0.503. The van der Waals surface area contributed by atoms with Gasteiger partial charge in [-0.15, -0.1) is 0 Å². The van der Waals surface area contributed by atoms with Crippen molar-refractivity contribution in [2.75, 3.05) is 0 Å². The molecule has 0 aliphatic heterocycles. The largest absolute Gasteiger partial charge is 0.368 e. The number of aromatic amines is 1. The standard InChI is InChI=1S/C4H5N.H4Si/c1-2-4-5-3-1;/h1-5H;1H4. The Kier molecular flexibility index (Phi) is 2.49. The molecule has 0 bridgehead atoms. The summed E-state index contributed by atoms with van der Waals surface area (Å²) < 4.78 is 0. The van der Waals surface area contributed by atoms with Crippen LogP contribution in [0.1, 0.15) is 0 Å². The fourth-order valence-electron chi connectivity index (χ4n) is 0.278. The second kappa shape index (κ2) is 2.72. The van der Waals surface area contributed by atoms with Gasteiger partial charge in [0.15, 0.2) is 0 Å². The quantitative estimate of drug-likeness (QED) is 0.425. The molecule has 1 nitrogen and oxygen atoms in total. The van der Waals surface area contributed by atoms with Crippen molar-refractivity contribution in [1.82, 2.24) is 4.98 Å². The van der Waals surface area contributed by atoms with Crippen LogP contribution in [0, 0.1) is 0 Å². The predicted molar refractivity (Wildman–Crippen MR) is 32.1 cm³/mol. The highest BCUT2D eigenvalue weighted by Crippen LogP contribution is 1.72. The van der Waals surface area contributed by atoms with Crippen molar-refractivity contribution in [1.29, 1.82) is 0 Å². The maximum Gasteiger partial charge on any atom is 0.000496 e. The van der Waals surface area contributed by atoms with Crippen molar-refractivity contribution in [3.63, 3.8) is 0 Å². The van der Waals surface area contributed by atoms with Crippen LogP contribution >= 0.6 is 0 Å². The molecule has 1 rings (SSSR count). The van der Waals surface area contributed by atoms with Crippen LogP contribution in [0.4, 0.5) is 0 Å². The minimum atomic E-state index is 0. The van der Waals surface area contributed by atoms with Crippen molar-refractivity contribution in [3.8, 4) is 0 Å². The average molecular weight is 99.2 g/mol. The van der Waals surface area contributed by atoms with Crippen molar-refractivity contribution in [2.24, 2.45) is 0 Å². The lowest BCUT2D eigenvalue weighted by Crippen LogP contribution is -1.38. The summed E-state index contributed by atoms with van der Waals surface area (Å²) in [5.74, 6) is 0. The van der Waals surface area contributed by atoms with E-state index in [4.69, 9.17) is 0 Å². The van der Waals surface area contributed by atoms with Gasteiger partial charge in [0.05, 0.1) is 0 Å². The molecule has 6 heavy (non-hydrogen) atoms. The summed E-state index contributed by atoms with van der Waals surface area (Å²) in [7, 11) is 0. The Morgan fingerprint density at radius 2 is 1.50 bits per heavy atom. The summed E-state index contributed by atoms with van der Waals surface area (Å²) in [6.07, 6.45) is 3.75. The third-order valence-electron chi connectivity index (χ3n) is 0.496. The van der Waals surface area contributed by atoms with Crippen molar-refractivity contribution >= 4 is 11.0 Å². The van der Waals surface area contributed by atoms with Gasteiger partial charge in [0.1, 0.15) is 0 Å². The number of hydrogen-bond acceptors (Lipinski definition) is 0. The highest BCUT2D eigenvalue weighted by atomic mass is 28.1. The predicted octanol–water partition coefficient (Wildman–Crippen LogP) is -0.437. The maximum absolute atomic E-state index is 2.86. The highest BCUT2D eigenvalue weighted by Gasteiger charge is 1.55. The molecule has 2 heteroatoms. The molecule has 0 saturated heterocycles. The van der Waals surface area contributed by atoms with E-state index < -0.39 is 0 Å². The molecule has 0 amide bonds. The van der Waals surface area contributed by atoms with Crippen molar-refractivity contribution < 1.29 is 0 Å². The Bertz CT molecular complexity index is 64.0. The van der Waals surface area contributed by atoms with Crippen molar-refractivity contribution in [3.05, 3.63) is 24.5 Å². The number of H-pyrrole nitrogens is 1. The lowest BCUT2D eigenvalue weighted by atomic mass is 10.7. The van der Waals surface area contributed by atoms with E-state index in [9.17, 15) is 0 Å². The Morgan fingerprint density at radius 3 is 1.67 bits per heavy atom. The lowest BCUT2D eigenvalue weighted by Gasteiger charge is -1.49. The second-order valence-electron chi connectivity index (χ2n) is 0.885. The summed E-state index contributed by atoms with van der Waals surface area (Å²) in [6, 6.07) is 3.89. The molecule has 0 radical (unpaired) electrons. The third-order valence-corrected chi connectivity index (χ3v) is 0.496. The molecule has 34 valence electrons. The lowest BCUT2D eigenvalue weighted by molar-refractivity contribution is 1.42. The van der Waals surface area contributed by atoms with Gasteiger partial charge in [0.25, 0.3) is 0 Å². The van der Waals surface area contributed by atoms with E-state index in [0.29, 0.717) is 0 Å². The van der Waals surface area contributed by atoms with Crippen LogP contribution in [0.25, 0.3) is 0 Å². The molecule has 0 aliphatic rings. The summed E-state index contributed by atoms with van der Waals surface area (Å²) >= 11 is 0. The molecule has 0 aromatic carbocycles. The maximum atomic E-state index is 2.86. The Labute approximate surface area is 41.4 Å². The Balaban J connectivity index is 0.000000250. The van der Waals surface area contributed by atoms with Gasteiger partial charge in [0, 0.05) is 12.4 Å². The average Bonchev–Trinajstić information content (AvgIpc) is 1.76. The Morgan fingerprint density at radius 1 is 1.00 bits per heavy atom. The van der Waals surface area contributed by atoms with Gasteiger partial charge >= 0.3 is 0 Å². The van der Waals surface area contributed by atoms with Gasteiger partial charge in [-0.3, -0.25) is 0 Å². The molecule has 0 atom stereocenters. The number of nitrogens with one attached hydrogen (secondary N) is 1. The number of rotatable bonds is 0. The molecule has 1 aromatic rings. The van der Waals surface area contributed by atoms with E-state index >= 15 is 0 Å². The molecule has 0 aliphatic carbocycles. The molecule has 1 aromatic heterocycles. The smallest absolute Gasteiger partial charge is 0.000496 e. The molecule has 0 saturated carbocycles. The minimum Gasteiger partial charge on any atom is -0.368 e. The fraction of sp³-hybridized carbons (Fsp3) is 0. The van der Waals surface area contributed by atoms with Crippen LogP contribution in [0.3, 0.4) is 0 Å². The molecular weight excluding hydrogens is 90.1 g/mol. The zero-order valence-electron chi connectivity index (χ0n) is 2.81. The van der Waals surface area contributed by atoms with Crippen LogP contribution in [0.5, 0.6) is 0 Å². The van der Waals surface area contributed by atoms with E-state index in [-0.39, 0.29) is 11.0 Å². The first-order valence-electron chi connectivity index (χ1n) is 1.58. The summed E-state index contributed by atoms with van der Waals surface area (Å²) in [5.41, 5.74) is 0. The van der Waals surface area contributed by atoms with Gasteiger partial charge in [-0.2, -0.15) is 0 Å². The first-order valence-corrected chi connectivity index (χ1v) is 1.58. The van der Waals surface area contributed by atoms with Crippen LogP contribution in [-0.2, 0) is 0 Å². The molecule has 1 heterocycles. The zero-order chi connectivity index (χ0) is 3.54. The first kappa shape index (κ1) is 5.50. The molecule has 1 N–H and O–H groups in total. The second-order valence-corrected chi connectivity index (χ2v) is 0.885. The molecule has 0 fully saturated rings. The molecular formula is C4H9NSi. The van der Waals surface area contributed by atoms with Gasteiger partial charge in [-0.1, -0.05) is 0 Å². The van der Waals surface area contributed by atoms with E-state index in [1.807, 2.05) is 24.5 Å². The van der Waals surface area contributed by atoms with Crippen LogP contribution in [0.2, 0.25) is 0 Å². The minimum absolute atomic E-state index is 0.